The van der Waals surface area contributed by atoms with Gasteiger partial charge in [-0.1, -0.05) is 26.8 Å². The lowest BCUT2D eigenvalue weighted by Crippen LogP contribution is -2.29. The van der Waals surface area contributed by atoms with Crippen molar-refractivity contribution in [2.45, 2.75) is 63.6 Å². The Morgan fingerprint density at radius 1 is 1.11 bits per heavy atom. The molecule has 2 N–H and O–H groups in total. The normalized spacial score (nSPS) is 28.8. The van der Waals surface area contributed by atoms with E-state index in [1.54, 1.807) is 6.07 Å². The Kier molecular flexibility index (Phi) is 6.34. The Bertz CT molecular complexity index is 1320. The number of ether oxygens (including phenoxy) is 1. The molecule has 37 heavy (non-hydrogen) atoms. The number of amidine groups is 1. The average Bonchev–Trinajstić information content (AvgIpc) is 3.47. The van der Waals surface area contributed by atoms with E-state index in [1.807, 2.05) is 0 Å². The van der Waals surface area contributed by atoms with Gasteiger partial charge in [0.25, 0.3) is 10.1 Å². The SMILES string of the molecule is C[C@H]1C[C@@H](C2C3CC(Nc4ccc(OC(F)(F)F)cc4)=Nc4cc(S(=O)(=O)O)ccc4C32)CC(C)(C)C1. The summed E-state index contributed by atoms with van der Waals surface area (Å²) >= 11 is 0. The van der Waals surface area contributed by atoms with E-state index >= 15 is 0 Å². The highest BCUT2D eigenvalue weighted by Crippen LogP contribution is 2.66. The van der Waals surface area contributed by atoms with Gasteiger partial charge in [-0.25, -0.2) is 4.99 Å². The Morgan fingerprint density at radius 3 is 2.43 bits per heavy atom. The second kappa shape index (κ2) is 9.01. The van der Waals surface area contributed by atoms with E-state index in [9.17, 15) is 26.1 Å². The van der Waals surface area contributed by atoms with Crippen molar-refractivity contribution in [3.63, 3.8) is 0 Å². The molecule has 1 heterocycles. The van der Waals surface area contributed by atoms with Crippen molar-refractivity contribution in [1.82, 2.24) is 0 Å². The summed E-state index contributed by atoms with van der Waals surface area (Å²) in [6.45, 7) is 6.95. The van der Waals surface area contributed by atoms with Crippen LogP contribution >= 0.6 is 0 Å². The molecule has 0 bridgehead atoms. The Balaban J connectivity index is 1.45. The monoisotopic (exact) mass is 536 g/mol. The number of hydrogen-bond acceptors (Lipinski definition) is 5. The summed E-state index contributed by atoms with van der Waals surface area (Å²) in [6.07, 6.45) is -0.649. The predicted molar refractivity (Wildman–Crippen MR) is 135 cm³/mol. The van der Waals surface area contributed by atoms with Gasteiger partial charge in [0.05, 0.1) is 10.6 Å². The van der Waals surface area contributed by atoms with E-state index < -0.39 is 16.5 Å². The molecular weight excluding hydrogens is 505 g/mol. The lowest BCUT2D eigenvalue weighted by molar-refractivity contribution is -0.274. The Labute approximate surface area is 215 Å². The lowest BCUT2D eigenvalue weighted by atomic mass is 9.66. The summed E-state index contributed by atoms with van der Waals surface area (Å²) in [5.74, 6) is 2.46. The molecule has 0 radical (unpaired) electrons. The molecule has 0 amide bonds. The van der Waals surface area contributed by atoms with Crippen LogP contribution in [0.5, 0.6) is 5.75 Å². The number of rotatable bonds is 4. The fourth-order valence-electron chi connectivity index (χ4n) is 6.92. The fourth-order valence-corrected chi connectivity index (χ4v) is 7.42. The number of alkyl halides is 3. The molecule has 2 aromatic rings. The smallest absolute Gasteiger partial charge is 0.406 e. The van der Waals surface area contributed by atoms with Crippen LogP contribution in [0.25, 0.3) is 0 Å². The number of nitrogens with zero attached hydrogens (tertiary/aromatic N) is 1. The molecule has 0 saturated heterocycles. The van der Waals surface area contributed by atoms with Crippen LogP contribution in [-0.2, 0) is 10.1 Å². The first-order valence-electron chi connectivity index (χ1n) is 12.5. The molecule has 3 aliphatic rings. The second-order valence-electron chi connectivity index (χ2n) is 11.6. The number of fused-ring (bicyclic) bond motifs is 3. The summed E-state index contributed by atoms with van der Waals surface area (Å²) < 4.78 is 74.7. The van der Waals surface area contributed by atoms with Crippen LogP contribution in [-0.4, -0.2) is 25.2 Å². The van der Waals surface area contributed by atoms with Gasteiger partial charge < -0.3 is 10.1 Å². The van der Waals surface area contributed by atoms with Crippen molar-refractivity contribution in [3.05, 3.63) is 48.0 Å². The van der Waals surface area contributed by atoms with Gasteiger partial charge >= 0.3 is 6.36 Å². The molecule has 10 heteroatoms. The molecule has 0 spiro atoms. The minimum Gasteiger partial charge on any atom is -0.406 e. The highest BCUT2D eigenvalue weighted by atomic mass is 32.2. The third-order valence-corrected chi connectivity index (χ3v) is 8.76. The number of benzene rings is 2. The number of nitrogens with one attached hydrogen (secondary N) is 1. The summed E-state index contributed by atoms with van der Waals surface area (Å²) in [7, 11) is -4.40. The molecule has 2 fully saturated rings. The second-order valence-corrected chi connectivity index (χ2v) is 13.0. The van der Waals surface area contributed by atoms with Crippen molar-refractivity contribution in [3.8, 4) is 5.75 Å². The number of anilines is 1. The van der Waals surface area contributed by atoms with E-state index in [-0.39, 0.29) is 22.0 Å². The summed E-state index contributed by atoms with van der Waals surface area (Å²) in [4.78, 5) is 4.50. The van der Waals surface area contributed by atoms with Crippen LogP contribution in [0.15, 0.2) is 52.4 Å². The van der Waals surface area contributed by atoms with E-state index in [2.05, 4.69) is 30.8 Å². The van der Waals surface area contributed by atoms with Gasteiger partial charge in [-0.05, 0) is 96.2 Å². The van der Waals surface area contributed by atoms with Crippen LogP contribution in [0, 0.1) is 29.1 Å². The topological polar surface area (TPSA) is 88.0 Å². The average molecular weight is 537 g/mol. The lowest BCUT2D eigenvalue weighted by Gasteiger charge is -2.39. The van der Waals surface area contributed by atoms with E-state index in [4.69, 9.17) is 4.99 Å². The molecule has 2 aromatic carbocycles. The molecule has 6 nitrogen and oxygen atoms in total. The minimum absolute atomic E-state index is 0.217. The number of hydrogen-bond donors (Lipinski definition) is 2. The van der Waals surface area contributed by atoms with E-state index in [0.29, 0.717) is 47.3 Å². The van der Waals surface area contributed by atoms with Gasteiger partial charge in [0.1, 0.15) is 11.6 Å². The van der Waals surface area contributed by atoms with E-state index in [0.717, 1.165) is 18.4 Å². The quantitative estimate of drug-likeness (QED) is 0.405. The third-order valence-electron chi connectivity index (χ3n) is 7.91. The molecular formula is C27H31F3N2O4S. The van der Waals surface area contributed by atoms with Crippen molar-refractivity contribution in [2.75, 3.05) is 5.32 Å². The maximum Gasteiger partial charge on any atom is 0.573 e. The highest BCUT2D eigenvalue weighted by Gasteiger charge is 2.57. The van der Waals surface area contributed by atoms with Gasteiger partial charge in [-0.15, -0.1) is 13.2 Å². The highest BCUT2D eigenvalue weighted by molar-refractivity contribution is 7.85. The van der Waals surface area contributed by atoms with Crippen molar-refractivity contribution in [1.29, 1.82) is 0 Å². The maximum absolute atomic E-state index is 12.5. The largest absolute Gasteiger partial charge is 0.573 e. The van der Waals surface area contributed by atoms with Crippen LogP contribution in [0.4, 0.5) is 24.5 Å². The zero-order chi connectivity index (χ0) is 26.8. The third kappa shape index (κ3) is 5.80. The zero-order valence-electron chi connectivity index (χ0n) is 20.9. The standard InChI is InChI=1S/C27H31F3N2O4S/c1-15-10-16(14-26(2,3)13-15)24-21-12-23(31-17-4-6-18(7-5-17)36-27(28,29)30)32-22-11-19(37(33,34)35)8-9-20(22)25(21)24/h4-9,11,15-16,21,24-25H,10,12-14H2,1-3H3,(H,31,32)(H,33,34,35)/t15-,16+,21?,24?,25?/m0/s1. The summed E-state index contributed by atoms with van der Waals surface area (Å²) in [6, 6.07) is 10.0. The number of halogens is 3. The van der Waals surface area contributed by atoms with Crippen molar-refractivity contribution >= 4 is 27.3 Å². The maximum atomic E-state index is 12.5. The molecule has 0 aromatic heterocycles. The first-order valence-corrected chi connectivity index (χ1v) is 13.9. The molecule has 200 valence electrons. The summed E-state index contributed by atoms with van der Waals surface area (Å²) in [5.41, 5.74) is 2.28. The van der Waals surface area contributed by atoms with Crippen LogP contribution in [0.1, 0.15) is 57.9 Å². The summed E-state index contributed by atoms with van der Waals surface area (Å²) in [5, 5.41) is 3.22. The molecule has 2 saturated carbocycles. The van der Waals surface area contributed by atoms with E-state index in [1.165, 1.54) is 42.8 Å². The van der Waals surface area contributed by atoms with Gasteiger partial charge in [-0.2, -0.15) is 8.42 Å². The predicted octanol–water partition coefficient (Wildman–Crippen LogP) is 7.17. The minimum atomic E-state index is -4.77. The molecule has 3 unspecified atom stereocenters. The fraction of sp³-hybridized carbons (Fsp3) is 0.519. The van der Waals surface area contributed by atoms with Crippen LogP contribution in [0.2, 0.25) is 0 Å². The first-order chi connectivity index (χ1) is 17.2. The van der Waals surface area contributed by atoms with Crippen molar-refractivity contribution < 1.29 is 30.9 Å². The number of aliphatic imine (C=N–C) groups is 1. The van der Waals surface area contributed by atoms with Crippen LogP contribution in [0.3, 0.4) is 0 Å². The Hall–Kier alpha value is -2.59. The molecule has 5 rings (SSSR count). The van der Waals surface area contributed by atoms with Gasteiger partial charge in [-0.3, -0.25) is 4.55 Å². The van der Waals surface area contributed by atoms with Crippen LogP contribution < -0.4 is 10.1 Å². The Morgan fingerprint density at radius 2 is 1.81 bits per heavy atom. The van der Waals surface area contributed by atoms with Gasteiger partial charge in [0.2, 0.25) is 0 Å². The first kappa shape index (κ1) is 26.0. The van der Waals surface area contributed by atoms with Gasteiger partial charge in [0, 0.05) is 12.1 Å². The zero-order valence-corrected chi connectivity index (χ0v) is 21.7. The molecule has 2 aliphatic carbocycles. The molecule has 1 aliphatic heterocycles. The van der Waals surface area contributed by atoms with Crippen molar-refractivity contribution in [2.24, 2.45) is 34.1 Å². The van der Waals surface area contributed by atoms with Gasteiger partial charge in [0.15, 0.2) is 0 Å². The molecule has 5 atom stereocenters.